The molecule has 25 heavy (non-hydrogen) atoms. The van der Waals surface area contributed by atoms with E-state index in [1.807, 2.05) is 0 Å². The van der Waals surface area contributed by atoms with Crippen LogP contribution in [0, 0.1) is 11.8 Å². The van der Waals surface area contributed by atoms with Crippen molar-refractivity contribution in [1.29, 1.82) is 0 Å². The number of hydrogen-bond acceptors (Lipinski definition) is 3. The zero-order chi connectivity index (χ0) is 18.2. The summed E-state index contributed by atoms with van der Waals surface area (Å²) in [6, 6.07) is 0. The van der Waals surface area contributed by atoms with Crippen molar-refractivity contribution in [1.82, 2.24) is 0 Å². The lowest BCUT2D eigenvalue weighted by atomic mass is 9.73. The van der Waals surface area contributed by atoms with Crippen LogP contribution in [0.2, 0.25) is 0 Å². The number of allylic oxidation sites excluding steroid dienone is 3. The molecule has 3 nitrogen and oxygen atoms in total. The van der Waals surface area contributed by atoms with Crippen molar-refractivity contribution in [2.24, 2.45) is 11.8 Å². The summed E-state index contributed by atoms with van der Waals surface area (Å²) >= 11 is 0. The van der Waals surface area contributed by atoms with Crippen LogP contribution in [0.4, 0.5) is 0 Å². The number of methoxy groups -OCH3 is 1. The molecule has 0 aromatic carbocycles. The van der Waals surface area contributed by atoms with Crippen LogP contribution < -0.4 is 0 Å². The molecule has 0 saturated carbocycles. The molecule has 3 aliphatic rings. The SMILES string of the molecule is CO[C@H]1CCC2=C(C[C@@H]3C([C@H](C)CCC=C(C)C)=CC[C@]3(C)O2)C1=O. The third-order valence-electron chi connectivity index (χ3n) is 6.21. The van der Waals surface area contributed by atoms with Crippen LogP contribution in [-0.2, 0) is 14.3 Å². The fourth-order valence-corrected chi connectivity index (χ4v) is 4.65. The van der Waals surface area contributed by atoms with E-state index in [1.165, 1.54) is 11.1 Å². The van der Waals surface area contributed by atoms with Crippen LogP contribution in [-0.4, -0.2) is 24.6 Å². The number of carbonyl (C=O) groups is 1. The van der Waals surface area contributed by atoms with E-state index in [9.17, 15) is 4.79 Å². The third kappa shape index (κ3) is 3.48. The van der Waals surface area contributed by atoms with E-state index in [2.05, 4.69) is 39.8 Å². The van der Waals surface area contributed by atoms with Crippen molar-refractivity contribution >= 4 is 5.78 Å². The van der Waals surface area contributed by atoms with E-state index < -0.39 is 0 Å². The number of ketones is 1. The highest BCUT2D eigenvalue weighted by Gasteiger charge is 2.49. The minimum atomic E-state index is -0.282. The normalized spacial score (nSPS) is 32.5. The van der Waals surface area contributed by atoms with Gasteiger partial charge in [0, 0.05) is 31.4 Å². The number of ether oxygens (including phenoxy) is 2. The summed E-state index contributed by atoms with van der Waals surface area (Å²) in [5.74, 6) is 1.94. The molecule has 0 saturated heterocycles. The van der Waals surface area contributed by atoms with Gasteiger partial charge < -0.3 is 9.47 Å². The minimum Gasteiger partial charge on any atom is -0.491 e. The topological polar surface area (TPSA) is 35.5 Å². The highest BCUT2D eigenvalue weighted by molar-refractivity contribution is 6.00. The zero-order valence-electron chi connectivity index (χ0n) is 16.4. The maximum atomic E-state index is 12.7. The van der Waals surface area contributed by atoms with Crippen molar-refractivity contribution in [3.8, 4) is 0 Å². The van der Waals surface area contributed by atoms with Gasteiger partial charge in [-0.3, -0.25) is 4.79 Å². The van der Waals surface area contributed by atoms with Gasteiger partial charge in [-0.15, -0.1) is 0 Å². The first kappa shape index (κ1) is 18.4. The van der Waals surface area contributed by atoms with Gasteiger partial charge in [0.25, 0.3) is 0 Å². The summed E-state index contributed by atoms with van der Waals surface area (Å²) in [7, 11) is 1.63. The Kier molecular flexibility index (Phi) is 5.24. The second-order valence-corrected chi connectivity index (χ2v) is 8.37. The van der Waals surface area contributed by atoms with Crippen LogP contribution in [0.1, 0.15) is 66.2 Å². The number of rotatable bonds is 5. The minimum absolute atomic E-state index is 0.147. The average Bonchev–Trinajstić information content (AvgIpc) is 2.89. The molecule has 3 heteroatoms. The predicted molar refractivity (Wildman–Crippen MR) is 100 cm³/mol. The molecule has 0 spiro atoms. The molecule has 0 aromatic heterocycles. The van der Waals surface area contributed by atoms with Gasteiger partial charge in [-0.1, -0.05) is 30.2 Å². The Morgan fingerprint density at radius 3 is 2.92 bits per heavy atom. The van der Waals surface area contributed by atoms with Gasteiger partial charge in [-0.05, 0) is 52.4 Å². The molecule has 0 N–H and O–H groups in total. The molecule has 0 fully saturated rings. The number of Topliss-reactive ketones (excluding diaryl/α,β-unsaturated/α-hetero) is 1. The molecular formula is C22H32O3. The Balaban J connectivity index is 1.76. The maximum Gasteiger partial charge on any atom is 0.190 e. The molecule has 3 rings (SSSR count). The smallest absolute Gasteiger partial charge is 0.190 e. The van der Waals surface area contributed by atoms with E-state index in [4.69, 9.17) is 9.47 Å². The third-order valence-corrected chi connectivity index (χ3v) is 6.21. The van der Waals surface area contributed by atoms with E-state index in [-0.39, 0.29) is 17.5 Å². The molecule has 4 atom stereocenters. The lowest BCUT2D eigenvalue weighted by molar-refractivity contribution is -0.129. The largest absolute Gasteiger partial charge is 0.491 e. The van der Waals surface area contributed by atoms with Crippen LogP contribution in [0.15, 0.2) is 34.6 Å². The molecule has 0 bridgehead atoms. The zero-order valence-corrected chi connectivity index (χ0v) is 16.4. The number of hydrogen-bond donors (Lipinski definition) is 0. The van der Waals surface area contributed by atoms with E-state index in [0.29, 0.717) is 11.8 Å². The Hall–Kier alpha value is -1.35. The van der Waals surface area contributed by atoms with Gasteiger partial charge >= 0.3 is 0 Å². The highest BCUT2D eigenvalue weighted by atomic mass is 16.5. The van der Waals surface area contributed by atoms with Crippen molar-refractivity contribution in [3.05, 3.63) is 34.6 Å². The fraction of sp³-hybridized carbons (Fsp3) is 0.682. The molecule has 0 radical (unpaired) electrons. The van der Waals surface area contributed by atoms with Crippen LogP contribution in [0.3, 0.4) is 0 Å². The van der Waals surface area contributed by atoms with Crippen molar-refractivity contribution in [2.45, 2.75) is 77.9 Å². The fourth-order valence-electron chi connectivity index (χ4n) is 4.65. The average molecular weight is 344 g/mol. The summed E-state index contributed by atoms with van der Waals surface area (Å²) in [5, 5.41) is 0. The Labute approximate surface area is 152 Å². The number of fused-ring (bicyclic) bond motifs is 1. The van der Waals surface area contributed by atoms with E-state index in [1.54, 1.807) is 7.11 Å². The summed E-state index contributed by atoms with van der Waals surface area (Å²) in [6.45, 7) is 8.85. The lowest BCUT2D eigenvalue weighted by Gasteiger charge is -2.43. The number of carbonyl (C=O) groups excluding carboxylic acids is 1. The highest BCUT2D eigenvalue weighted by Crippen LogP contribution is 2.51. The Bertz CT molecular complexity index is 636. The maximum absolute atomic E-state index is 12.7. The van der Waals surface area contributed by atoms with Crippen molar-refractivity contribution in [3.63, 3.8) is 0 Å². The van der Waals surface area contributed by atoms with E-state index >= 15 is 0 Å². The van der Waals surface area contributed by atoms with Crippen LogP contribution in [0.25, 0.3) is 0 Å². The second-order valence-electron chi connectivity index (χ2n) is 8.37. The molecule has 138 valence electrons. The van der Waals surface area contributed by atoms with Gasteiger partial charge in [0.15, 0.2) is 5.78 Å². The van der Waals surface area contributed by atoms with Gasteiger partial charge in [0.1, 0.15) is 17.5 Å². The molecule has 1 heterocycles. The van der Waals surface area contributed by atoms with Gasteiger partial charge in [0.2, 0.25) is 0 Å². The van der Waals surface area contributed by atoms with Gasteiger partial charge in [0.05, 0.1) is 0 Å². The van der Waals surface area contributed by atoms with Crippen LogP contribution in [0.5, 0.6) is 0 Å². The van der Waals surface area contributed by atoms with E-state index in [0.717, 1.165) is 49.9 Å². The Morgan fingerprint density at radius 2 is 2.24 bits per heavy atom. The monoisotopic (exact) mass is 344 g/mol. The molecular weight excluding hydrogens is 312 g/mol. The standard InChI is InChI=1S/C22H32O3/c1-14(2)7-6-8-15(3)16-11-12-22(4)18(16)13-17-19(25-22)9-10-20(24-5)21(17)23/h7,11,15,18,20H,6,8-10,12-13H2,1-5H3/t15-,18-,20+,22+/m1/s1. The second kappa shape index (κ2) is 7.11. The molecule has 1 aliphatic heterocycles. The first-order valence-corrected chi connectivity index (χ1v) is 9.67. The van der Waals surface area contributed by atoms with Gasteiger partial charge in [-0.2, -0.15) is 0 Å². The first-order valence-electron chi connectivity index (χ1n) is 9.67. The quantitative estimate of drug-likeness (QED) is 0.649. The summed E-state index contributed by atoms with van der Waals surface area (Å²) < 4.78 is 11.8. The molecule has 0 amide bonds. The molecule has 2 aliphatic carbocycles. The van der Waals surface area contributed by atoms with Crippen molar-refractivity contribution < 1.29 is 14.3 Å². The Morgan fingerprint density at radius 1 is 1.48 bits per heavy atom. The molecule has 0 unspecified atom stereocenters. The first-order chi connectivity index (χ1) is 11.9. The molecule has 0 aromatic rings. The summed E-state index contributed by atoms with van der Waals surface area (Å²) in [5.41, 5.74) is 3.60. The summed E-state index contributed by atoms with van der Waals surface area (Å²) in [6.07, 6.45) is 10.0. The van der Waals surface area contributed by atoms with Gasteiger partial charge in [-0.25, -0.2) is 0 Å². The predicted octanol–water partition coefficient (Wildman–Crippen LogP) is 5.13. The lowest BCUT2D eigenvalue weighted by Crippen LogP contribution is -2.43. The summed E-state index contributed by atoms with van der Waals surface area (Å²) in [4.78, 5) is 12.7. The van der Waals surface area contributed by atoms with Crippen molar-refractivity contribution in [2.75, 3.05) is 7.11 Å². The van der Waals surface area contributed by atoms with Crippen LogP contribution >= 0.6 is 0 Å².